The van der Waals surface area contributed by atoms with Crippen LogP contribution in [0.25, 0.3) is 0 Å². The highest BCUT2D eigenvalue weighted by atomic mass is 16.5. The summed E-state index contributed by atoms with van der Waals surface area (Å²) in [4.78, 5) is 14.2. The van der Waals surface area contributed by atoms with Crippen LogP contribution in [0.15, 0.2) is 30.3 Å². The molecule has 0 amide bonds. The van der Waals surface area contributed by atoms with Crippen molar-refractivity contribution in [1.82, 2.24) is 14.7 Å². The number of ether oxygens (including phenoxy) is 2. The number of aromatic nitrogens is 2. The van der Waals surface area contributed by atoms with Gasteiger partial charge in [-0.2, -0.15) is 5.10 Å². The van der Waals surface area contributed by atoms with Crippen molar-refractivity contribution in [3.63, 3.8) is 0 Å². The second-order valence-electron chi connectivity index (χ2n) is 8.64. The zero-order chi connectivity index (χ0) is 21.3. The molecule has 1 aliphatic carbocycles. The number of likely N-dealkylation sites (tertiary alicyclic amines) is 1. The minimum atomic E-state index is -0.496. The van der Waals surface area contributed by atoms with Crippen molar-refractivity contribution in [3.8, 4) is 5.75 Å². The first kappa shape index (κ1) is 20.9. The van der Waals surface area contributed by atoms with Gasteiger partial charge in [-0.15, -0.1) is 0 Å². The molecule has 2 heterocycles. The number of carbonyl (C=O) groups excluding carboxylic acids is 1. The van der Waals surface area contributed by atoms with Gasteiger partial charge in [-0.05, 0) is 62.8 Å². The highest BCUT2D eigenvalue weighted by Crippen LogP contribution is 2.38. The molecule has 1 saturated carbocycles. The summed E-state index contributed by atoms with van der Waals surface area (Å²) in [6.45, 7) is 8.03. The molecule has 0 unspecified atom stereocenters. The van der Waals surface area contributed by atoms with E-state index in [0.29, 0.717) is 23.1 Å². The van der Waals surface area contributed by atoms with Crippen LogP contribution in [0.2, 0.25) is 0 Å². The minimum Gasteiger partial charge on any atom is -0.488 e. The van der Waals surface area contributed by atoms with E-state index in [2.05, 4.69) is 27.7 Å². The fourth-order valence-electron chi connectivity index (χ4n) is 4.92. The summed E-state index contributed by atoms with van der Waals surface area (Å²) in [5.74, 6) is 1.22. The van der Waals surface area contributed by atoms with Crippen molar-refractivity contribution in [2.75, 3.05) is 26.7 Å². The molecule has 4 atom stereocenters. The monoisotopic (exact) mass is 413 g/mol. The molecule has 1 N–H and O–H groups in total. The van der Waals surface area contributed by atoms with Crippen LogP contribution in [0.3, 0.4) is 0 Å². The predicted octanol–water partition coefficient (Wildman–Crippen LogP) is 2.44. The molecule has 2 aliphatic rings. The maximum Gasteiger partial charge on any atom is 0.337 e. The van der Waals surface area contributed by atoms with Crippen LogP contribution in [0.1, 0.15) is 34.6 Å². The number of esters is 1. The number of rotatable bonds is 6. The van der Waals surface area contributed by atoms with Gasteiger partial charge in [0.2, 0.25) is 0 Å². The molecule has 2 fully saturated rings. The second-order valence-corrected chi connectivity index (χ2v) is 8.64. The van der Waals surface area contributed by atoms with Crippen LogP contribution >= 0.6 is 0 Å². The number of aliphatic hydroxyl groups excluding tert-OH is 1. The molecule has 1 aromatic carbocycles. The molecule has 30 heavy (non-hydrogen) atoms. The summed E-state index contributed by atoms with van der Waals surface area (Å²) in [6.07, 6.45) is 0.826. The molecule has 1 aromatic heterocycles. The molecule has 1 saturated heterocycles. The second kappa shape index (κ2) is 8.78. The van der Waals surface area contributed by atoms with E-state index in [4.69, 9.17) is 9.47 Å². The highest BCUT2D eigenvalue weighted by molar-refractivity contribution is 5.89. The summed E-state index contributed by atoms with van der Waals surface area (Å²) in [7, 11) is 1.36. The smallest absolute Gasteiger partial charge is 0.337 e. The van der Waals surface area contributed by atoms with Gasteiger partial charge in [0.25, 0.3) is 0 Å². The third kappa shape index (κ3) is 4.52. The first-order valence-corrected chi connectivity index (χ1v) is 10.7. The number of aryl methyl sites for hydroxylation is 2. The standard InChI is InChI=1S/C23H31N3O4/c1-15-9-16(2)26(24-15)8-7-25-13-18-11-21(27)22(12-19(18)14-25)30-20-6-4-5-17(10-20)23(28)29-3/h4-6,9-10,18-19,21-22,27H,7-8,11-14H2,1-3H3/t18-,19+,21+,22+/m0/s1. The van der Waals surface area contributed by atoms with Crippen LogP contribution in [-0.4, -0.2) is 64.7 Å². The molecular weight excluding hydrogens is 382 g/mol. The van der Waals surface area contributed by atoms with Crippen molar-refractivity contribution >= 4 is 5.97 Å². The zero-order valence-electron chi connectivity index (χ0n) is 18.0. The lowest BCUT2D eigenvalue weighted by Crippen LogP contribution is -2.42. The number of benzene rings is 1. The average molecular weight is 414 g/mol. The highest BCUT2D eigenvalue weighted by Gasteiger charge is 2.42. The first-order chi connectivity index (χ1) is 14.4. The van der Waals surface area contributed by atoms with Gasteiger partial charge in [-0.25, -0.2) is 4.79 Å². The Labute approximate surface area is 177 Å². The van der Waals surface area contributed by atoms with Gasteiger partial charge in [-0.1, -0.05) is 6.07 Å². The molecule has 2 aromatic rings. The number of fused-ring (bicyclic) bond motifs is 1. The van der Waals surface area contributed by atoms with Crippen LogP contribution in [0.5, 0.6) is 5.75 Å². The lowest BCUT2D eigenvalue weighted by atomic mass is 9.78. The van der Waals surface area contributed by atoms with Gasteiger partial charge < -0.3 is 19.5 Å². The van der Waals surface area contributed by atoms with Crippen molar-refractivity contribution in [2.45, 2.75) is 45.4 Å². The van der Waals surface area contributed by atoms with Crippen LogP contribution in [-0.2, 0) is 11.3 Å². The first-order valence-electron chi connectivity index (χ1n) is 10.7. The van der Waals surface area contributed by atoms with E-state index in [1.807, 2.05) is 13.0 Å². The molecule has 4 rings (SSSR count). The molecule has 1 aliphatic heterocycles. The lowest BCUT2D eigenvalue weighted by molar-refractivity contribution is -0.0231. The number of nitrogens with zero attached hydrogens (tertiary/aromatic N) is 3. The Kier molecular flexibility index (Phi) is 6.11. The number of hydrogen-bond acceptors (Lipinski definition) is 6. The van der Waals surface area contributed by atoms with Gasteiger partial charge in [0.05, 0.1) is 31.0 Å². The summed E-state index contributed by atoms with van der Waals surface area (Å²) in [5, 5.41) is 15.2. The van der Waals surface area contributed by atoms with E-state index in [1.54, 1.807) is 18.2 Å². The number of hydrogen-bond donors (Lipinski definition) is 1. The Morgan fingerprint density at radius 2 is 1.93 bits per heavy atom. The summed E-state index contributed by atoms with van der Waals surface area (Å²) < 4.78 is 13.0. The van der Waals surface area contributed by atoms with E-state index in [9.17, 15) is 9.90 Å². The number of carbonyl (C=O) groups is 1. The third-order valence-electron chi connectivity index (χ3n) is 6.43. The molecule has 162 valence electrons. The Bertz CT molecular complexity index is 896. The van der Waals surface area contributed by atoms with Gasteiger partial charge >= 0.3 is 5.97 Å². The molecule has 0 spiro atoms. The van der Waals surface area contributed by atoms with Gasteiger partial charge in [0.1, 0.15) is 11.9 Å². The van der Waals surface area contributed by atoms with E-state index >= 15 is 0 Å². The Hall–Kier alpha value is -2.38. The average Bonchev–Trinajstić information content (AvgIpc) is 3.27. The molecule has 0 bridgehead atoms. The van der Waals surface area contributed by atoms with Crippen LogP contribution < -0.4 is 4.74 Å². The fourth-order valence-corrected chi connectivity index (χ4v) is 4.92. The Balaban J connectivity index is 1.34. The minimum absolute atomic E-state index is 0.255. The van der Waals surface area contributed by atoms with Gasteiger partial charge in [0.15, 0.2) is 0 Å². The van der Waals surface area contributed by atoms with Crippen molar-refractivity contribution < 1.29 is 19.4 Å². The molecule has 7 nitrogen and oxygen atoms in total. The quantitative estimate of drug-likeness (QED) is 0.733. The number of methoxy groups -OCH3 is 1. The largest absolute Gasteiger partial charge is 0.488 e. The maximum absolute atomic E-state index is 11.8. The SMILES string of the molecule is COC(=O)c1cccc(O[C@@H]2C[C@@H]3CN(CCn4nc(C)cc4C)C[C@@H]3C[C@H]2O)c1. The van der Waals surface area contributed by atoms with Gasteiger partial charge in [0, 0.05) is 25.3 Å². The third-order valence-corrected chi connectivity index (χ3v) is 6.43. The lowest BCUT2D eigenvalue weighted by Gasteiger charge is -2.35. The summed E-state index contributed by atoms with van der Waals surface area (Å²) in [6, 6.07) is 9.08. The van der Waals surface area contributed by atoms with E-state index in [-0.39, 0.29) is 6.10 Å². The normalized spacial score (nSPS) is 26.4. The Morgan fingerprint density at radius 1 is 1.17 bits per heavy atom. The van der Waals surface area contributed by atoms with E-state index < -0.39 is 12.1 Å². The predicted molar refractivity (Wildman–Crippen MR) is 113 cm³/mol. The van der Waals surface area contributed by atoms with Crippen molar-refractivity contribution in [2.24, 2.45) is 11.8 Å². The molecular formula is C23H31N3O4. The fraction of sp³-hybridized carbons (Fsp3) is 0.565. The summed E-state index contributed by atoms with van der Waals surface area (Å²) in [5.41, 5.74) is 2.71. The van der Waals surface area contributed by atoms with Crippen LogP contribution in [0, 0.1) is 25.7 Å². The van der Waals surface area contributed by atoms with E-state index in [1.165, 1.54) is 12.8 Å². The summed E-state index contributed by atoms with van der Waals surface area (Å²) >= 11 is 0. The maximum atomic E-state index is 11.8. The molecule has 7 heteroatoms. The van der Waals surface area contributed by atoms with Crippen molar-refractivity contribution in [3.05, 3.63) is 47.3 Å². The topological polar surface area (TPSA) is 76.8 Å². The number of aliphatic hydroxyl groups is 1. The van der Waals surface area contributed by atoms with Crippen LogP contribution in [0.4, 0.5) is 0 Å². The zero-order valence-corrected chi connectivity index (χ0v) is 18.0. The van der Waals surface area contributed by atoms with Gasteiger partial charge in [-0.3, -0.25) is 4.68 Å². The molecule has 0 radical (unpaired) electrons. The van der Waals surface area contributed by atoms with E-state index in [0.717, 1.165) is 44.7 Å². The Morgan fingerprint density at radius 3 is 2.63 bits per heavy atom. The van der Waals surface area contributed by atoms with Crippen molar-refractivity contribution in [1.29, 1.82) is 0 Å².